The zero-order valence-corrected chi connectivity index (χ0v) is 17.0. The lowest BCUT2D eigenvalue weighted by atomic mass is 10.1. The summed E-state index contributed by atoms with van der Waals surface area (Å²) >= 11 is 1.23. The molecule has 4 rings (SSSR count). The highest BCUT2D eigenvalue weighted by molar-refractivity contribution is 8.18. The predicted octanol–water partition coefficient (Wildman–Crippen LogP) is 5.23. The van der Waals surface area contributed by atoms with E-state index in [4.69, 9.17) is 4.42 Å². The zero-order valence-electron chi connectivity index (χ0n) is 16.2. The van der Waals surface area contributed by atoms with E-state index in [2.05, 4.69) is 10.2 Å². The Balaban J connectivity index is 1.65. The Morgan fingerprint density at radius 1 is 1.07 bits per heavy atom. The van der Waals surface area contributed by atoms with Gasteiger partial charge in [-0.2, -0.15) is 5.10 Å². The molecule has 0 aliphatic carbocycles. The van der Waals surface area contributed by atoms with Crippen LogP contribution in [0.15, 0.2) is 86.5 Å². The van der Waals surface area contributed by atoms with E-state index in [1.54, 1.807) is 36.6 Å². The number of carbonyl (C=O) groups excluding carboxylic acids is 1. The minimum atomic E-state index is -0.385. The number of thioether (sulfide) groups is 1. The third kappa shape index (κ3) is 4.41. The second-order valence-electron chi connectivity index (χ2n) is 6.59. The molecule has 1 amide bonds. The number of furan rings is 1. The molecule has 1 aliphatic heterocycles. The van der Waals surface area contributed by atoms with Crippen molar-refractivity contribution in [2.45, 2.75) is 13.5 Å². The zero-order chi connectivity index (χ0) is 20.9. The fourth-order valence-electron chi connectivity index (χ4n) is 2.89. The molecule has 1 aromatic heterocycles. The minimum Gasteiger partial charge on any atom is -0.467 e. The quantitative estimate of drug-likeness (QED) is 0.323. The van der Waals surface area contributed by atoms with Gasteiger partial charge in [-0.25, -0.2) is 4.39 Å². The van der Waals surface area contributed by atoms with Gasteiger partial charge in [0.25, 0.3) is 5.91 Å². The van der Waals surface area contributed by atoms with Crippen molar-refractivity contribution in [2.75, 3.05) is 0 Å². The molecule has 2 aromatic carbocycles. The van der Waals surface area contributed by atoms with Crippen LogP contribution in [0.2, 0.25) is 0 Å². The molecular weight excluding hydrogens is 401 g/mol. The first-order valence-corrected chi connectivity index (χ1v) is 10.1. The first-order chi connectivity index (χ1) is 14.6. The molecule has 3 aromatic rings. The average Bonchev–Trinajstić information content (AvgIpc) is 3.35. The first-order valence-electron chi connectivity index (χ1n) is 9.27. The molecule has 0 radical (unpaired) electrons. The number of aryl methyl sites for hydroxylation is 1. The largest absolute Gasteiger partial charge is 0.467 e. The van der Waals surface area contributed by atoms with Crippen LogP contribution >= 0.6 is 11.8 Å². The molecule has 0 saturated carbocycles. The fraction of sp³-hybridized carbons (Fsp3) is 0.0870. The highest BCUT2D eigenvalue weighted by Crippen LogP contribution is 2.34. The Morgan fingerprint density at radius 2 is 1.83 bits per heavy atom. The third-order valence-corrected chi connectivity index (χ3v) is 5.50. The summed E-state index contributed by atoms with van der Waals surface area (Å²) in [5.41, 5.74) is 2.35. The van der Waals surface area contributed by atoms with Gasteiger partial charge in [0.15, 0.2) is 5.17 Å². The van der Waals surface area contributed by atoms with Gasteiger partial charge in [0.1, 0.15) is 11.6 Å². The van der Waals surface area contributed by atoms with Gasteiger partial charge < -0.3 is 4.42 Å². The van der Waals surface area contributed by atoms with E-state index in [0.29, 0.717) is 21.4 Å². The van der Waals surface area contributed by atoms with Gasteiger partial charge >= 0.3 is 0 Å². The van der Waals surface area contributed by atoms with Gasteiger partial charge in [-0.05, 0) is 54.1 Å². The lowest BCUT2D eigenvalue weighted by Gasteiger charge is -2.12. The van der Waals surface area contributed by atoms with Crippen LogP contribution in [0.25, 0.3) is 6.08 Å². The second kappa shape index (κ2) is 8.92. The molecule has 1 fully saturated rings. The summed E-state index contributed by atoms with van der Waals surface area (Å²) in [5, 5.41) is 8.61. The molecule has 7 heteroatoms. The van der Waals surface area contributed by atoms with Crippen LogP contribution in [0.3, 0.4) is 0 Å². The molecule has 0 unspecified atom stereocenters. The molecule has 0 bridgehead atoms. The van der Waals surface area contributed by atoms with Crippen LogP contribution < -0.4 is 0 Å². The Bertz CT molecular complexity index is 1150. The van der Waals surface area contributed by atoms with Crippen molar-refractivity contribution in [1.29, 1.82) is 0 Å². The number of halogens is 1. The van der Waals surface area contributed by atoms with E-state index in [1.807, 2.05) is 37.3 Å². The molecule has 0 spiro atoms. The molecule has 1 saturated heterocycles. The summed E-state index contributed by atoms with van der Waals surface area (Å²) in [5.74, 6) is 0.0653. The van der Waals surface area contributed by atoms with Crippen molar-refractivity contribution >= 4 is 35.1 Å². The first kappa shape index (κ1) is 19.8. The number of nitrogens with zero attached hydrogens (tertiary/aromatic N) is 3. The minimum absolute atomic E-state index is 0.181. The second-order valence-corrected chi connectivity index (χ2v) is 7.60. The van der Waals surface area contributed by atoms with Gasteiger partial charge in [-0.1, -0.05) is 42.5 Å². The number of hydrogen-bond donors (Lipinski definition) is 0. The van der Waals surface area contributed by atoms with Crippen LogP contribution in [0, 0.1) is 12.7 Å². The summed E-state index contributed by atoms with van der Waals surface area (Å²) in [6.07, 6.45) is 4.74. The summed E-state index contributed by atoms with van der Waals surface area (Å²) in [6.45, 7) is 2.23. The van der Waals surface area contributed by atoms with Crippen molar-refractivity contribution in [3.05, 3.63) is 100 Å². The summed E-state index contributed by atoms with van der Waals surface area (Å²) in [4.78, 5) is 15.1. The Hall–Kier alpha value is -3.45. The Labute approximate surface area is 177 Å². The smallest absolute Gasteiger partial charge is 0.267 e. The summed E-state index contributed by atoms with van der Waals surface area (Å²) in [7, 11) is 0. The predicted molar refractivity (Wildman–Crippen MR) is 117 cm³/mol. The fourth-order valence-corrected chi connectivity index (χ4v) is 3.82. The maximum Gasteiger partial charge on any atom is 0.267 e. The molecule has 0 atom stereocenters. The number of carbonyl (C=O) groups is 1. The van der Waals surface area contributed by atoms with Gasteiger partial charge in [-0.3, -0.25) is 9.69 Å². The average molecular weight is 419 g/mol. The third-order valence-electron chi connectivity index (χ3n) is 4.50. The van der Waals surface area contributed by atoms with E-state index < -0.39 is 0 Å². The van der Waals surface area contributed by atoms with Crippen LogP contribution in [0.4, 0.5) is 4.39 Å². The van der Waals surface area contributed by atoms with E-state index in [1.165, 1.54) is 28.9 Å². The van der Waals surface area contributed by atoms with Crippen LogP contribution in [-0.2, 0) is 11.3 Å². The number of rotatable bonds is 5. The van der Waals surface area contributed by atoms with Crippen LogP contribution in [0.1, 0.15) is 22.5 Å². The van der Waals surface area contributed by atoms with Crippen LogP contribution in [-0.4, -0.2) is 22.2 Å². The maximum absolute atomic E-state index is 13.8. The van der Waals surface area contributed by atoms with Gasteiger partial charge in [0.2, 0.25) is 0 Å². The van der Waals surface area contributed by atoms with Crippen molar-refractivity contribution in [3.8, 4) is 0 Å². The van der Waals surface area contributed by atoms with E-state index in [9.17, 15) is 9.18 Å². The number of amides is 1. The molecule has 2 heterocycles. The van der Waals surface area contributed by atoms with Crippen LogP contribution in [0.5, 0.6) is 0 Å². The lowest BCUT2D eigenvalue weighted by molar-refractivity contribution is -0.122. The number of benzene rings is 2. The van der Waals surface area contributed by atoms with E-state index in [0.717, 1.165) is 11.1 Å². The van der Waals surface area contributed by atoms with Gasteiger partial charge in [0.05, 0.1) is 23.9 Å². The molecule has 0 N–H and O–H groups in total. The summed E-state index contributed by atoms with van der Waals surface area (Å²) < 4.78 is 19.2. The molecule has 150 valence electrons. The molecule has 30 heavy (non-hydrogen) atoms. The Morgan fingerprint density at radius 3 is 2.57 bits per heavy atom. The van der Waals surface area contributed by atoms with Gasteiger partial charge in [0, 0.05) is 5.56 Å². The molecule has 1 aliphatic rings. The van der Waals surface area contributed by atoms with Crippen molar-refractivity contribution in [3.63, 3.8) is 0 Å². The highest BCUT2D eigenvalue weighted by Gasteiger charge is 2.34. The standard InChI is InChI=1S/C23H18FN3O2S/c1-16-7-2-3-8-17(16)13-21-22(28)27(15-19-10-6-12-29-19)23(30-21)26-25-14-18-9-4-5-11-20(18)24/h2-14H,15H2,1H3/b21-13-,25-14+,26-23-. The maximum atomic E-state index is 13.8. The normalized spacial score (nSPS) is 17.0. The van der Waals surface area contributed by atoms with Gasteiger partial charge in [-0.15, -0.1) is 5.10 Å². The monoisotopic (exact) mass is 419 g/mol. The summed E-state index contributed by atoms with van der Waals surface area (Å²) in [6, 6.07) is 17.7. The SMILES string of the molecule is Cc1ccccc1/C=C1\S/C(=N\N=C\c2ccccc2F)N(Cc2ccco2)C1=O. The number of amidine groups is 1. The molecular formula is C23H18FN3O2S. The number of hydrogen-bond acceptors (Lipinski definition) is 5. The van der Waals surface area contributed by atoms with Crippen molar-refractivity contribution in [2.24, 2.45) is 10.2 Å². The highest BCUT2D eigenvalue weighted by atomic mass is 32.2. The Kier molecular flexibility index (Phi) is 5.90. The van der Waals surface area contributed by atoms with E-state index in [-0.39, 0.29) is 18.3 Å². The van der Waals surface area contributed by atoms with E-state index >= 15 is 0 Å². The molecule has 5 nitrogen and oxygen atoms in total. The van der Waals surface area contributed by atoms with Crippen molar-refractivity contribution < 1.29 is 13.6 Å². The topological polar surface area (TPSA) is 58.2 Å². The van der Waals surface area contributed by atoms with Crippen molar-refractivity contribution in [1.82, 2.24) is 4.90 Å². The lowest BCUT2D eigenvalue weighted by Crippen LogP contribution is -2.28.